The van der Waals surface area contributed by atoms with Gasteiger partial charge in [0.25, 0.3) is 0 Å². The molecule has 1 unspecified atom stereocenters. The Balaban J connectivity index is 1.90. The van der Waals surface area contributed by atoms with Gasteiger partial charge in [-0.1, -0.05) is 17.3 Å². The molecule has 0 spiro atoms. The number of nitrogens with zero attached hydrogens (tertiary/aromatic N) is 2. The second-order valence-corrected chi connectivity index (χ2v) is 4.29. The summed E-state index contributed by atoms with van der Waals surface area (Å²) in [4.78, 5) is 15.5. The lowest BCUT2D eigenvalue weighted by Crippen LogP contribution is -2.28. The van der Waals surface area contributed by atoms with E-state index in [-0.39, 0.29) is 18.6 Å². The molecular formula is C13H17N5O2. The summed E-state index contributed by atoms with van der Waals surface area (Å²) in [6.45, 7) is 2.27. The van der Waals surface area contributed by atoms with Crippen LogP contribution in [0.5, 0.6) is 0 Å². The first kappa shape index (κ1) is 14.0. The highest BCUT2D eigenvalue weighted by Gasteiger charge is 2.06. The van der Waals surface area contributed by atoms with E-state index in [0.717, 1.165) is 11.3 Å². The average Bonchev–Trinajstić information content (AvgIpc) is 2.98. The second-order valence-electron chi connectivity index (χ2n) is 4.29. The maximum Gasteiger partial charge on any atom is 0.319 e. The van der Waals surface area contributed by atoms with Crippen molar-refractivity contribution in [2.24, 2.45) is 0 Å². The zero-order chi connectivity index (χ0) is 14.4. The molecule has 1 heterocycles. The van der Waals surface area contributed by atoms with Gasteiger partial charge < -0.3 is 20.5 Å². The van der Waals surface area contributed by atoms with Gasteiger partial charge in [0.05, 0.1) is 6.54 Å². The number of benzene rings is 1. The number of hydrogen-bond acceptors (Lipinski definition) is 5. The smallest absolute Gasteiger partial charge is 0.319 e. The fourth-order valence-electron chi connectivity index (χ4n) is 1.66. The van der Waals surface area contributed by atoms with Gasteiger partial charge in [0.1, 0.15) is 0 Å². The number of nitrogens with one attached hydrogen (secondary N) is 3. The lowest BCUT2D eigenvalue weighted by atomic mass is 10.1. The van der Waals surface area contributed by atoms with Gasteiger partial charge in [-0.3, -0.25) is 0 Å². The number of urea groups is 1. The van der Waals surface area contributed by atoms with Crippen LogP contribution in [0.2, 0.25) is 0 Å². The van der Waals surface area contributed by atoms with Crippen LogP contribution in [0.1, 0.15) is 24.4 Å². The van der Waals surface area contributed by atoms with Crippen LogP contribution >= 0.6 is 0 Å². The molecule has 20 heavy (non-hydrogen) atoms. The molecule has 0 fully saturated rings. The fourth-order valence-corrected chi connectivity index (χ4v) is 1.66. The minimum absolute atomic E-state index is 0.217. The summed E-state index contributed by atoms with van der Waals surface area (Å²) in [7, 11) is 1.89. The third kappa shape index (κ3) is 3.79. The van der Waals surface area contributed by atoms with Gasteiger partial charge in [-0.25, -0.2) is 4.79 Å². The van der Waals surface area contributed by atoms with E-state index >= 15 is 0 Å². The van der Waals surface area contributed by atoms with E-state index < -0.39 is 0 Å². The molecular weight excluding hydrogens is 258 g/mol. The van der Waals surface area contributed by atoms with Crippen LogP contribution < -0.4 is 16.0 Å². The minimum atomic E-state index is -0.316. The molecule has 0 aliphatic heterocycles. The quantitative estimate of drug-likeness (QED) is 0.772. The van der Waals surface area contributed by atoms with Crippen LogP contribution in [-0.2, 0) is 6.54 Å². The molecule has 1 aromatic heterocycles. The van der Waals surface area contributed by atoms with Crippen LogP contribution in [-0.4, -0.2) is 23.2 Å². The number of aromatic nitrogens is 2. The maximum atomic E-state index is 11.7. The molecule has 0 saturated carbocycles. The Morgan fingerprint density at radius 3 is 3.00 bits per heavy atom. The predicted octanol–water partition coefficient (Wildman–Crippen LogP) is 1.67. The molecule has 2 aromatic rings. The van der Waals surface area contributed by atoms with Crippen molar-refractivity contribution in [1.82, 2.24) is 20.8 Å². The van der Waals surface area contributed by atoms with Gasteiger partial charge >= 0.3 is 6.03 Å². The molecule has 1 atom stereocenters. The molecule has 0 bridgehead atoms. The van der Waals surface area contributed by atoms with E-state index in [1.165, 1.54) is 6.39 Å². The summed E-state index contributed by atoms with van der Waals surface area (Å²) in [5.41, 5.74) is 1.83. The molecule has 0 saturated heterocycles. The van der Waals surface area contributed by atoms with Crippen molar-refractivity contribution in [3.63, 3.8) is 0 Å². The Labute approximate surface area is 116 Å². The molecule has 0 aliphatic rings. The number of hydrogen-bond donors (Lipinski definition) is 3. The van der Waals surface area contributed by atoms with E-state index in [4.69, 9.17) is 0 Å². The number of carbonyl (C=O) groups is 1. The van der Waals surface area contributed by atoms with Crippen LogP contribution in [0.3, 0.4) is 0 Å². The largest absolute Gasteiger partial charge is 0.343 e. The average molecular weight is 275 g/mol. The lowest BCUT2D eigenvalue weighted by Gasteiger charge is -2.12. The highest BCUT2D eigenvalue weighted by Crippen LogP contribution is 2.16. The first-order valence-corrected chi connectivity index (χ1v) is 6.26. The third-order valence-corrected chi connectivity index (χ3v) is 2.89. The van der Waals surface area contributed by atoms with Crippen LogP contribution in [0.15, 0.2) is 35.2 Å². The van der Waals surface area contributed by atoms with Crippen molar-refractivity contribution in [1.29, 1.82) is 0 Å². The van der Waals surface area contributed by atoms with Gasteiger partial charge in [0, 0.05) is 11.7 Å². The highest BCUT2D eigenvalue weighted by atomic mass is 16.5. The molecule has 0 aliphatic carbocycles. The van der Waals surface area contributed by atoms with Gasteiger partial charge in [-0.15, -0.1) is 0 Å². The first-order chi connectivity index (χ1) is 9.69. The van der Waals surface area contributed by atoms with E-state index in [2.05, 4.69) is 37.5 Å². The lowest BCUT2D eigenvalue weighted by molar-refractivity contribution is 0.251. The molecule has 7 nitrogen and oxygen atoms in total. The topological polar surface area (TPSA) is 92.1 Å². The summed E-state index contributed by atoms with van der Waals surface area (Å²) >= 11 is 0. The maximum absolute atomic E-state index is 11.7. The van der Waals surface area contributed by atoms with Gasteiger partial charge in [-0.05, 0) is 31.7 Å². The summed E-state index contributed by atoms with van der Waals surface area (Å²) in [5, 5.41) is 12.2. The highest BCUT2D eigenvalue weighted by molar-refractivity contribution is 5.89. The van der Waals surface area contributed by atoms with Crippen LogP contribution in [0.25, 0.3) is 0 Å². The fraction of sp³-hybridized carbons (Fsp3) is 0.308. The Hall–Kier alpha value is -2.41. The van der Waals surface area contributed by atoms with Crippen LogP contribution in [0, 0.1) is 0 Å². The predicted molar refractivity (Wildman–Crippen MR) is 74.1 cm³/mol. The molecule has 2 rings (SSSR count). The third-order valence-electron chi connectivity index (χ3n) is 2.89. The Morgan fingerprint density at radius 2 is 2.30 bits per heavy atom. The van der Waals surface area contributed by atoms with Crippen molar-refractivity contribution in [2.45, 2.75) is 19.5 Å². The molecule has 7 heteroatoms. The standard InChI is InChI=1S/C13H17N5O2/c1-9(14-2)10-4-3-5-11(6-10)17-13(19)15-7-12-16-8-20-18-12/h3-6,8-9,14H,7H2,1-2H3,(H2,15,17,19). The van der Waals surface area contributed by atoms with Gasteiger partial charge in [0.15, 0.2) is 5.82 Å². The zero-order valence-corrected chi connectivity index (χ0v) is 11.4. The monoisotopic (exact) mass is 275 g/mol. The van der Waals surface area contributed by atoms with Gasteiger partial charge in [-0.2, -0.15) is 4.98 Å². The van der Waals surface area contributed by atoms with E-state index in [1.54, 1.807) is 0 Å². The summed E-state index contributed by atoms with van der Waals surface area (Å²) in [6.07, 6.45) is 1.22. The van der Waals surface area contributed by atoms with Crippen molar-refractivity contribution in [3.05, 3.63) is 42.0 Å². The van der Waals surface area contributed by atoms with Crippen molar-refractivity contribution in [2.75, 3.05) is 12.4 Å². The summed E-state index contributed by atoms with van der Waals surface area (Å²) in [6, 6.07) is 7.57. The van der Waals surface area contributed by atoms with Crippen molar-refractivity contribution in [3.8, 4) is 0 Å². The summed E-state index contributed by atoms with van der Waals surface area (Å²) in [5.74, 6) is 0.428. The molecule has 2 amide bonds. The first-order valence-electron chi connectivity index (χ1n) is 6.26. The number of amides is 2. The van der Waals surface area contributed by atoms with Crippen molar-refractivity contribution < 1.29 is 9.32 Å². The number of carbonyl (C=O) groups excluding carboxylic acids is 1. The normalized spacial score (nSPS) is 11.9. The summed E-state index contributed by atoms with van der Waals surface area (Å²) < 4.78 is 4.58. The molecule has 0 radical (unpaired) electrons. The zero-order valence-electron chi connectivity index (χ0n) is 11.4. The Kier molecular flexibility index (Phi) is 4.67. The minimum Gasteiger partial charge on any atom is -0.343 e. The molecule has 106 valence electrons. The van der Waals surface area contributed by atoms with Crippen LogP contribution in [0.4, 0.5) is 10.5 Å². The van der Waals surface area contributed by atoms with Gasteiger partial charge in [0.2, 0.25) is 6.39 Å². The molecule has 3 N–H and O–H groups in total. The number of anilines is 1. The number of rotatable bonds is 5. The van der Waals surface area contributed by atoms with E-state index in [9.17, 15) is 4.79 Å². The SMILES string of the molecule is CNC(C)c1cccc(NC(=O)NCc2ncon2)c1. The Bertz CT molecular complexity index is 556. The van der Waals surface area contributed by atoms with E-state index in [0.29, 0.717) is 5.82 Å². The second kappa shape index (κ2) is 6.67. The van der Waals surface area contributed by atoms with Crippen molar-refractivity contribution >= 4 is 11.7 Å². The Morgan fingerprint density at radius 1 is 1.45 bits per heavy atom. The van der Waals surface area contributed by atoms with E-state index in [1.807, 2.05) is 31.3 Å². The molecule has 1 aromatic carbocycles.